The molecule has 0 saturated heterocycles. The van der Waals surface area contributed by atoms with Crippen molar-refractivity contribution in [3.8, 4) is 0 Å². The lowest BCUT2D eigenvalue weighted by Crippen LogP contribution is -2.23. The highest BCUT2D eigenvalue weighted by Gasteiger charge is 2.10. The van der Waals surface area contributed by atoms with Crippen LogP contribution in [-0.2, 0) is 9.22 Å². The number of rotatable bonds is 8. The third-order valence-corrected chi connectivity index (χ3v) is 3.93. The van der Waals surface area contributed by atoms with E-state index >= 15 is 0 Å². The maximum Gasteiger partial charge on any atom is 0.234 e. The Bertz CT molecular complexity index is 177. The quantitative estimate of drug-likeness (QED) is 0.351. The predicted molar refractivity (Wildman–Crippen MR) is 60.8 cm³/mol. The molecule has 82 valence electrons. The summed E-state index contributed by atoms with van der Waals surface area (Å²) in [6.07, 6.45) is 6.11. The number of isocyanates is 1. The summed E-state index contributed by atoms with van der Waals surface area (Å²) in [7, 11) is -0.695. The summed E-state index contributed by atoms with van der Waals surface area (Å²) in [5.74, 6) is 0. The Morgan fingerprint density at radius 1 is 1.36 bits per heavy atom. The first-order valence-electron chi connectivity index (χ1n) is 5.46. The summed E-state index contributed by atoms with van der Waals surface area (Å²) in [5, 5.41) is 0. The van der Waals surface area contributed by atoms with E-state index in [-0.39, 0.29) is 5.67 Å². The van der Waals surface area contributed by atoms with Crippen molar-refractivity contribution in [2.75, 3.05) is 0 Å². The summed E-state index contributed by atoms with van der Waals surface area (Å²) in [6.45, 7) is 6.35. The SMILES string of the molecule is CCCC(N=C=O)[SiH2]OC(CC)CC. The maximum atomic E-state index is 10.1. The molecule has 1 atom stereocenters. The van der Waals surface area contributed by atoms with E-state index in [1.807, 2.05) is 0 Å². The molecule has 0 saturated carbocycles. The van der Waals surface area contributed by atoms with Crippen molar-refractivity contribution in [3.05, 3.63) is 0 Å². The average Bonchev–Trinajstić information content (AvgIpc) is 2.20. The summed E-state index contributed by atoms with van der Waals surface area (Å²) in [5.41, 5.74) is 0.137. The lowest BCUT2D eigenvalue weighted by Gasteiger charge is -2.16. The van der Waals surface area contributed by atoms with Crippen molar-refractivity contribution in [1.82, 2.24) is 0 Å². The Hall–Kier alpha value is -0.443. The summed E-state index contributed by atoms with van der Waals surface area (Å²) in [4.78, 5) is 13.9. The molecule has 0 aliphatic heterocycles. The topological polar surface area (TPSA) is 38.7 Å². The molecule has 0 amide bonds. The van der Waals surface area contributed by atoms with E-state index in [0.29, 0.717) is 6.10 Å². The van der Waals surface area contributed by atoms with Gasteiger partial charge < -0.3 is 4.43 Å². The molecule has 0 N–H and O–H groups in total. The summed E-state index contributed by atoms with van der Waals surface area (Å²) in [6, 6.07) is 0. The van der Waals surface area contributed by atoms with Crippen molar-refractivity contribution in [2.45, 2.75) is 58.2 Å². The van der Waals surface area contributed by atoms with Gasteiger partial charge in [-0.3, -0.25) is 0 Å². The Labute approximate surface area is 88.9 Å². The van der Waals surface area contributed by atoms with Gasteiger partial charge in [0.05, 0.1) is 5.67 Å². The van der Waals surface area contributed by atoms with E-state index in [0.717, 1.165) is 25.7 Å². The van der Waals surface area contributed by atoms with Crippen LogP contribution >= 0.6 is 0 Å². The monoisotopic (exact) mass is 215 g/mol. The number of nitrogens with zero attached hydrogens (tertiary/aromatic N) is 1. The molecule has 14 heavy (non-hydrogen) atoms. The predicted octanol–water partition coefficient (Wildman–Crippen LogP) is 1.74. The van der Waals surface area contributed by atoms with Crippen LogP contribution in [0.3, 0.4) is 0 Å². The molecule has 0 rings (SSSR count). The Balaban J connectivity index is 3.84. The van der Waals surface area contributed by atoms with Crippen molar-refractivity contribution >= 4 is 15.8 Å². The summed E-state index contributed by atoms with van der Waals surface area (Å²) < 4.78 is 5.77. The second kappa shape index (κ2) is 9.13. The van der Waals surface area contributed by atoms with Gasteiger partial charge in [-0.2, -0.15) is 0 Å². The molecule has 1 unspecified atom stereocenters. The van der Waals surface area contributed by atoms with Crippen LogP contribution < -0.4 is 0 Å². The molecule has 0 aromatic carbocycles. The average molecular weight is 215 g/mol. The van der Waals surface area contributed by atoms with Gasteiger partial charge in [-0.05, 0) is 19.3 Å². The van der Waals surface area contributed by atoms with Crippen molar-refractivity contribution in [2.24, 2.45) is 4.99 Å². The van der Waals surface area contributed by atoms with Crippen LogP contribution in [0, 0.1) is 0 Å². The highest BCUT2D eigenvalue weighted by molar-refractivity contribution is 6.29. The molecule has 0 aliphatic rings. The van der Waals surface area contributed by atoms with E-state index in [9.17, 15) is 4.79 Å². The van der Waals surface area contributed by atoms with E-state index < -0.39 is 9.76 Å². The molecule has 0 aliphatic carbocycles. The minimum Gasteiger partial charge on any atom is -0.419 e. The van der Waals surface area contributed by atoms with Gasteiger partial charge in [0.2, 0.25) is 6.08 Å². The Morgan fingerprint density at radius 3 is 2.43 bits per heavy atom. The molecule has 0 heterocycles. The van der Waals surface area contributed by atoms with E-state index in [4.69, 9.17) is 4.43 Å². The third kappa shape index (κ3) is 6.08. The van der Waals surface area contributed by atoms with Crippen molar-refractivity contribution in [1.29, 1.82) is 0 Å². The molecule has 0 aromatic rings. The van der Waals surface area contributed by atoms with Crippen LogP contribution in [0.1, 0.15) is 46.5 Å². The minimum absolute atomic E-state index is 0.137. The number of hydrogen-bond acceptors (Lipinski definition) is 3. The van der Waals surface area contributed by atoms with Crippen molar-refractivity contribution < 1.29 is 9.22 Å². The van der Waals surface area contributed by atoms with Crippen LogP contribution in [0.25, 0.3) is 0 Å². The van der Waals surface area contributed by atoms with Crippen LogP contribution in [0.5, 0.6) is 0 Å². The molecule has 4 heteroatoms. The first-order valence-corrected chi connectivity index (χ1v) is 6.86. The maximum absolute atomic E-state index is 10.1. The molecule has 0 radical (unpaired) electrons. The molecule has 0 bridgehead atoms. The van der Waals surface area contributed by atoms with Gasteiger partial charge in [-0.1, -0.05) is 27.2 Å². The number of hydrogen-bond donors (Lipinski definition) is 0. The van der Waals surface area contributed by atoms with Gasteiger partial charge in [0.25, 0.3) is 0 Å². The van der Waals surface area contributed by atoms with Crippen molar-refractivity contribution in [3.63, 3.8) is 0 Å². The van der Waals surface area contributed by atoms with Gasteiger partial charge in [0, 0.05) is 6.10 Å². The standard InChI is InChI=1S/C10H21NO2Si/c1-4-7-10(11-8-12)14-13-9(5-2)6-3/h9-10H,4-7,14H2,1-3H3. The van der Waals surface area contributed by atoms with Crippen LogP contribution in [-0.4, -0.2) is 27.6 Å². The molecule has 0 aromatic heterocycles. The van der Waals surface area contributed by atoms with Crippen LogP contribution in [0.4, 0.5) is 0 Å². The molecule has 3 nitrogen and oxygen atoms in total. The first-order chi connectivity index (χ1) is 6.78. The van der Waals surface area contributed by atoms with Gasteiger partial charge in [0.15, 0.2) is 9.76 Å². The molecular weight excluding hydrogens is 194 g/mol. The zero-order valence-electron chi connectivity index (χ0n) is 9.45. The lowest BCUT2D eigenvalue weighted by atomic mass is 10.2. The van der Waals surface area contributed by atoms with Gasteiger partial charge >= 0.3 is 0 Å². The molecular formula is C10H21NO2Si. The Morgan fingerprint density at radius 2 is 2.00 bits per heavy atom. The minimum atomic E-state index is -0.695. The highest BCUT2D eigenvalue weighted by Crippen LogP contribution is 2.06. The number of carbonyl (C=O) groups excluding carboxylic acids is 1. The van der Waals surface area contributed by atoms with E-state index in [1.165, 1.54) is 0 Å². The fraction of sp³-hybridized carbons (Fsp3) is 0.900. The second-order valence-electron chi connectivity index (χ2n) is 3.43. The fourth-order valence-corrected chi connectivity index (χ4v) is 3.05. The normalized spacial score (nSPS) is 13.4. The largest absolute Gasteiger partial charge is 0.419 e. The van der Waals surface area contributed by atoms with E-state index in [1.54, 1.807) is 6.08 Å². The summed E-state index contributed by atoms with van der Waals surface area (Å²) >= 11 is 0. The third-order valence-electron chi connectivity index (χ3n) is 2.29. The van der Waals surface area contributed by atoms with Gasteiger partial charge in [0.1, 0.15) is 0 Å². The zero-order valence-corrected chi connectivity index (χ0v) is 10.9. The molecule has 0 fully saturated rings. The first kappa shape index (κ1) is 13.6. The smallest absolute Gasteiger partial charge is 0.234 e. The lowest BCUT2D eigenvalue weighted by molar-refractivity contribution is 0.198. The van der Waals surface area contributed by atoms with Gasteiger partial charge in [-0.15, -0.1) is 0 Å². The van der Waals surface area contributed by atoms with E-state index in [2.05, 4.69) is 25.8 Å². The fourth-order valence-electron chi connectivity index (χ4n) is 1.36. The second-order valence-corrected chi connectivity index (χ2v) is 5.04. The van der Waals surface area contributed by atoms with Gasteiger partial charge in [-0.25, -0.2) is 9.79 Å². The number of aliphatic imine (C=N–C) groups is 1. The Kier molecular flexibility index (Phi) is 8.84. The highest BCUT2D eigenvalue weighted by atomic mass is 28.2. The molecule has 0 spiro atoms. The van der Waals surface area contributed by atoms with Crippen LogP contribution in [0.15, 0.2) is 4.99 Å². The zero-order chi connectivity index (χ0) is 10.8. The van der Waals surface area contributed by atoms with Crippen LogP contribution in [0.2, 0.25) is 0 Å².